The Labute approximate surface area is 222 Å². The Kier molecular flexibility index (Phi) is 6.95. The van der Waals surface area contributed by atoms with Gasteiger partial charge in [-0.2, -0.15) is 9.78 Å². The molecule has 0 spiro atoms. The van der Waals surface area contributed by atoms with Crippen molar-refractivity contribution in [3.8, 4) is 0 Å². The molecule has 4 N–H and O–H groups in total. The fourth-order valence-electron chi connectivity index (χ4n) is 5.47. The highest BCUT2D eigenvalue weighted by Crippen LogP contribution is 2.36. The molecule has 11 heteroatoms. The number of aromatic nitrogens is 4. The number of alkyl carbamates (subject to hydrolysis) is 2. The van der Waals surface area contributed by atoms with E-state index >= 15 is 0 Å². The molecule has 1 saturated carbocycles. The van der Waals surface area contributed by atoms with E-state index in [1.807, 2.05) is 50.6 Å². The van der Waals surface area contributed by atoms with E-state index in [1.54, 1.807) is 6.20 Å². The summed E-state index contributed by atoms with van der Waals surface area (Å²) in [7, 11) is 0. The number of pyridine rings is 1. The lowest BCUT2D eigenvalue weighted by Crippen LogP contribution is -3.17. The number of fused-ring (bicyclic) bond motifs is 1. The Morgan fingerprint density at radius 3 is 2.42 bits per heavy atom. The first kappa shape index (κ1) is 25.9. The number of quaternary nitrogens is 1. The Bertz CT molecular complexity index is 1330. The van der Waals surface area contributed by atoms with Crippen LogP contribution in [0.4, 0.5) is 22.2 Å². The first-order valence-corrected chi connectivity index (χ1v) is 13.3. The highest BCUT2D eigenvalue weighted by Gasteiger charge is 2.31. The minimum absolute atomic E-state index is 0.191. The van der Waals surface area contributed by atoms with Crippen LogP contribution in [-0.4, -0.2) is 63.3 Å². The predicted molar refractivity (Wildman–Crippen MR) is 145 cm³/mol. The van der Waals surface area contributed by atoms with Gasteiger partial charge in [0.2, 0.25) is 5.95 Å². The van der Waals surface area contributed by atoms with E-state index < -0.39 is 11.5 Å². The normalized spacial score (nSPS) is 17.2. The van der Waals surface area contributed by atoms with Gasteiger partial charge < -0.3 is 25.3 Å². The summed E-state index contributed by atoms with van der Waals surface area (Å²) in [4.78, 5) is 41.6. The van der Waals surface area contributed by atoms with Crippen molar-refractivity contribution in [3.63, 3.8) is 0 Å². The number of ether oxygens (including phenoxy) is 1. The van der Waals surface area contributed by atoms with Gasteiger partial charge in [0, 0.05) is 17.6 Å². The van der Waals surface area contributed by atoms with E-state index in [0.717, 1.165) is 66.0 Å². The van der Waals surface area contributed by atoms with Crippen LogP contribution in [0.5, 0.6) is 0 Å². The van der Waals surface area contributed by atoms with Crippen LogP contribution in [0.1, 0.15) is 68.5 Å². The summed E-state index contributed by atoms with van der Waals surface area (Å²) in [6.07, 6.45) is 7.65. The monoisotopic (exact) mass is 521 g/mol. The van der Waals surface area contributed by atoms with Crippen molar-refractivity contribution in [2.45, 2.75) is 65.0 Å². The van der Waals surface area contributed by atoms with E-state index in [4.69, 9.17) is 15.5 Å². The molecule has 5 rings (SSSR count). The van der Waals surface area contributed by atoms with Gasteiger partial charge in [-0.25, -0.2) is 14.9 Å². The number of amides is 2. The molecule has 202 valence electrons. The zero-order valence-corrected chi connectivity index (χ0v) is 22.6. The van der Waals surface area contributed by atoms with Crippen molar-refractivity contribution < 1.29 is 19.2 Å². The second-order valence-electron chi connectivity index (χ2n) is 11.2. The van der Waals surface area contributed by atoms with Gasteiger partial charge in [-0.1, -0.05) is 12.8 Å². The summed E-state index contributed by atoms with van der Waals surface area (Å²) in [5, 5.41) is 4.04. The van der Waals surface area contributed by atoms with Crippen LogP contribution in [0.2, 0.25) is 0 Å². The van der Waals surface area contributed by atoms with Crippen LogP contribution < -0.4 is 20.9 Å². The number of rotatable bonds is 5. The van der Waals surface area contributed by atoms with Crippen molar-refractivity contribution in [3.05, 3.63) is 35.8 Å². The molecule has 4 heterocycles. The van der Waals surface area contributed by atoms with E-state index in [2.05, 4.69) is 20.2 Å². The number of hydrogen-bond donors (Lipinski definition) is 3. The topological polar surface area (TPSA) is 133 Å². The molecular weight excluding hydrogens is 484 g/mol. The average Bonchev–Trinajstić information content (AvgIpc) is 3.50. The van der Waals surface area contributed by atoms with Crippen molar-refractivity contribution in [1.29, 1.82) is 0 Å². The maximum atomic E-state index is 12.4. The Morgan fingerprint density at radius 2 is 1.82 bits per heavy atom. The molecule has 0 bridgehead atoms. The number of nitrogens with zero attached hydrogens (tertiary/aromatic N) is 5. The van der Waals surface area contributed by atoms with Crippen LogP contribution in [0.3, 0.4) is 0 Å². The standard InChI is InChI=1S/C27H36N8O3/c1-17-20-16-30-25(32-24(20)35(22(17)23(28)36)18-7-5-6-8-18)31-21-10-9-19(15-29-21)33-11-13-34(14-12-33)26(37)38-27(2,3)4/h9-10,15-16,18H,5-8,11-14H2,1-4H3,(H2,28,36)(H,29,30,31,32)/p+1. The lowest BCUT2D eigenvalue weighted by molar-refractivity contribution is -0.825. The smallest absolute Gasteiger partial charge is 0.414 e. The molecule has 1 aliphatic heterocycles. The van der Waals surface area contributed by atoms with Gasteiger partial charge >= 0.3 is 6.09 Å². The number of hydrogen-bond acceptors (Lipinski definition) is 8. The number of nitrogens with one attached hydrogen (secondary N) is 2. The van der Waals surface area contributed by atoms with E-state index in [1.165, 1.54) is 0 Å². The molecule has 11 nitrogen and oxygen atoms in total. The Hall–Kier alpha value is -3.73. The second-order valence-corrected chi connectivity index (χ2v) is 11.2. The summed E-state index contributed by atoms with van der Waals surface area (Å²) in [5.74, 6) is 0.602. The summed E-state index contributed by atoms with van der Waals surface area (Å²) in [5.41, 5.74) is 8.35. The third-order valence-electron chi connectivity index (χ3n) is 7.33. The molecule has 38 heavy (non-hydrogen) atoms. The van der Waals surface area contributed by atoms with E-state index in [0.29, 0.717) is 30.5 Å². The summed E-state index contributed by atoms with van der Waals surface area (Å²) >= 11 is 0. The SMILES string of the molecule is Cc1c(C(N)=O)n(C2CCCC2)c2nc(Nc3ccc(N4CC[NH+](C(=O)OC(C)(C)C)CC4)cn3)ncc12. The molecule has 2 amide bonds. The van der Waals surface area contributed by atoms with Crippen molar-refractivity contribution in [1.82, 2.24) is 19.5 Å². The number of carbonyl (C=O) groups excluding carboxylic acids is 2. The molecule has 3 aromatic rings. The second kappa shape index (κ2) is 10.2. The first-order chi connectivity index (χ1) is 18.1. The number of aryl methyl sites for hydroxylation is 1. The summed E-state index contributed by atoms with van der Waals surface area (Å²) < 4.78 is 7.54. The van der Waals surface area contributed by atoms with Gasteiger partial charge in [0.1, 0.15) is 35.8 Å². The molecule has 0 unspecified atom stereocenters. The lowest BCUT2D eigenvalue weighted by atomic mass is 10.2. The van der Waals surface area contributed by atoms with Crippen LogP contribution >= 0.6 is 0 Å². The quantitative estimate of drug-likeness (QED) is 0.467. The largest absolute Gasteiger partial charge is 0.514 e. The number of anilines is 3. The molecule has 2 aliphatic rings. The van der Waals surface area contributed by atoms with E-state index in [-0.39, 0.29) is 12.1 Å². The molecule has 1 aliphatic carbocycles. The number of nitrogens with two attached hydrogens (primary N) is 1. The van der Waals surface area contributed by atoms with Crippen LogP contribution in [0.25, 0.3) is 11.0 Å². The zero-order valence-electron chi connectivity index (χ0n) is 22.6. The molecule has 0 radical (unpaired) electrons. The minimum atomic E-state index is -0.481. The van der Waals surface area contributed by atoms with Gasteiger partial charge in [0.25, 0.3) is 5.91 Å². The number of primary amides is 1. The zero-order chi connectivity index (χ0) is 27.0. The number of piperazine rings is 1. The molecule has 3 aromatic heterocycles. The minimum Gasteiger partial charge on any atom is -0.414 e. The molecule has 0 atom stereocenters. The predicted octanol–water partition coefficient (Wildman–Crippen LogP) is 2.73. The van der Waals surface area contributed by atoms with E-state index in [9.17, 15) is 9.59 Å². The average molecular weight is 522 g/mol. The van der Waals surface area contributed by atoms with Gasteiger partial charge in [0.05, 0.1) is 25.0 Å². The molecule has 2 fully saturated rings. The van der Waals surface area contributed by atoms with Crippen molar-refractivity contribution in [2.24, 2.45) is 5.73 Å². The highest BCUT2D eigenvalue weighted by atomic mass is 16.6. The lowest BCUT2D eigenvalue weighted by Gasteiger charge is -2.32. The highest BCUT2D eigenvalue weighted by molar-refractivity contribution is 6.00. The Morgan fingerprint density at radius 1 is 1.11 bits per heavy atom. The van der Waals surface area contributed by atoms with Crippen molar-refractivity contribution >= 4 is 40.5 Å². The fourth-order valence-corrected chi connectivity index (χ4v) is 5.47. The van der Waals surface area contributed by atoms with Gasteiger partial charge in [-0.3, -0.25) is 4.79 Å². The Balaban J connectivity index is 1.29. The fraction of sp³-hybridized carbons (Fsp3) is 0.519. The maximum absolute atomic E-state index is 12.4. The van der Waals surface area contributed by atoms with Crippen LogP contribution in [0, 0.1) is 6.92 Å². The van der Waals surface area contributed by atoms with Gasteiger partial charge in [0.15, 0.2) is 0 Å². The van der Waals surface area contributed by atoms with Gasteiger partial charge in [-0.15, -0.1) is 0 Å². The summed E-state index contributed by atoms with van der Waals surface area (Å²) in [6, 6.07) is 4.11. The molecular formula is C27H37N8O3+. The third kappa shape index (κ3) is 5.28. The van der Waals surface area contributed by atoms with Crippen LogP contribution in [-0.2, 0) is 4.74 Å². The maximum Gasteiger partial charge on any atom is 0.514 e. The number of carbonyl (C=O) groups is 2. The first-order valence-electron chi connectivity index (χ1n) is 13.3. The third-order valence-corrected chi connectivity index (χ3v) is 7.33. The summed E-state index contributed by atoms with van der Waals surface area (Å²) in [6.45, 7) is 10.4. The van der Waals surface area contributed by atoms with Crippen molar-refractivity contribution in [2.75, 3.05) is 36.4 Å². The van der Waals surface area contributed by atoms with Crippen LogP contribution in [0.15, 0.2) is 24.5 Å². The molecule has 0 aromatic carbocycles. The molecule has 1 saturated heterocycles. The van der Waals surface area contributed by atoms with Gasteiger partial charge in [-0.05, 0) is 58.2 Å².